The predicted molar refractivity (Wildman–Crippen MR) is 86.9 cm³/mol. The number of benzene rings is 1. The van der Waals surface area contributed by atoms with Gasteiger partial charge in [-0.15, -0.1) is 0 Å². The number of hydrogen-bond donors (Lipinski definition) is 1. The number of rotatable bonds is 4. The number of carbonyl (C=O) groups is 1. The minimum absolute atomic E-state index is 0.0599. The Morgan fingerprint density at radius 1 is 1.38 bits per heavy atom. The van der Waals surface area contributed by atoms with Gasteiger partial charge in [0.25, 0.3) is 0 Å². The summed E-state index contributed by atoms with van der Waals surface area (Å²) in [4.78, 5) is 16.8. The third kappa shape index (κ3) is 3.24. The van der Waals surface area contributed by atoms with Crippen LogP contribution in [-0.2, 0) is 6.42 Å². The lowest BCUT2D eigenvalue weighted by Gasteiger charge is -2.12. The van der Waals surface area contributed by atoms with Crippen LogP contribution in [0.4, 0.5) is 5.69 Å². The fourth-order valence-electron chi connectivity index (χ4n) is 2.27. The van der Waals surface area contributed by atoms with Crippen molar-refractivity contribution in [3.05, 3.63) is 51.3 Å². The molecule has 1 aromatic carbocycles. The molecule has 0 aliphatic heterocycles. The number of aryl methyl sites for hydroxylation is 1. The second-order valence-electron chi connectivity index (χ2n) is 4.88. The zero-order valence-electron chi connectivity index (χ0n) is 12.2. The van der Waals surface area contributed by atoms with Gasteiger partial charge in [0.05, 0.1) is 19.2 Å². The zero-order valence-corrected chi connectivity index (χ0v) is 13.8. The van der Waals surface area contributed by atoms with Gasteiger partial charge in [-0.3, -0.25) is 9.78 Å². The molecule has 2 rings (SSSR count). The first-order valence-corrected chi connectivity index (χ1v) is 7.30. The third-order valence-electron chi connectivity index (χ3n) is 3.39. The summed E-state index contributed by atoms with van der Waals surface area (Å²) in [5.41, 5.74) is 9.40. The predicted octanol–water partition coefficient (Wildman–Crippen LogP) is 3.48. The minimum atomic E-state index is -0.0599. The lowest BCUT2D eigenvalue weighted by Crippen LogP contribution is -2.10. The Kier molecular flexibility index (Phi) is 4.63. The van der Waals surface area contributed by atoms with Crippen LogP contribution in [0.15, 0.2) is 28.9 Å². The van der Waals surface area contributed by atoms with Crippen molar-refractivity contribution in [3.8, 4) is 5.75 Å². The van der Waals surface area contributed by atoms with E-state index >= 15 is 0 Å². The highest BCUT2D eigenvalue weighted by atomic mass is 79.9. The summed E-state index contributed by atoms with van der Waals surface area (Å²) in [6, 6.07) is 5.26. The molecule has 0 unspecified atom stereocenters. The second-order valence-corrected chi connectivity index (χ2v) is 5.79. The van der Waals surface area contributed by atoms with Crippen molar-refractivity contribution in [1.82, 2.24) is 4.98 Å². The van der Waals surface area contributed by atoms with Crippen molar-refractivity contribution < 1.29 is 9.53 Å². The number of carbonyl (C=O) groups excluding carboxylic acids is 1. The van der Waals surface area contributed by atoms with Crippen LogP contribution in [0.25, 0.3) is 0 Å². The highest BCUT2D eigenvalue weighted by Gasteiger charge is 2.16. The largest absolute Gasteiger partial charge is 0.496 e. The number of anilines is 1. The summed E-state index contributed by atoms with van der Waals surface area (Å²) in [6.07, 6.45) is 1.92. The van der Waals surface area contributed by atoms with Crippen molar-refractivity contribution in [2.75, 3.05) is 12.8 Å². The third-order valence-corrected chi connectivity index (χ3v) is 3.89. The van der Waals surface area contributed by atoms with E-state index in [1.54, 1.807) is 25.4 Å². The fourth-order valence-corrected chi connectivity index (χ4v) is 2.63. The van der Waals surface area contributed by atoms with Crippen LogP contribution < -0.4 is 10.5 Å². The molecule has 4 nitrogen and oxygen atoms in total. The highest BCUT2D eigenvalue weighted by molar-refractivity contribution is 9.10. The molecular formula is C16H17BrN2O2. The molecule has 0 fully saturated rings. The van der Waals surface area contributed by atoms with Crippen molar-refractivity contribution in [2.24, 2.45) is 0 Å². The molecule has 2 N–H and O–H groups in total. The lowest BCUT2D eigenvalue weighted by molar-refractivity contribution is 0.0992. The zero-order chi connectivity index (χ0) is 15.6. The number of methoxy groups -OCH3 is 1. The van der Waals surface area contributed by atoms with E-state index in [1.807, 2.05) is 19.9 Å². The maximum atomic E-state index is 12.4. The van der Waals surface area contributed by atoms with E-state index in [1.165, 1.54) is 0 Å². The van der Waals surface area contributed by atoms with E-state index in [-0.39, 0.29) is 12.2 Å². The monoisotopic (exact) mass is 348 g/mol. The number of nitrogen functional groups attached to an aromatic ring is 1. The van der Waals surface area contributed by atoms with Gasteiger partial charge in [-0.1, -0.05) is 15.9 Å². The average Bonchev–Trinajstić information content (AvgIpc) is 2.45. The molecule has 110 valence electrons. The number of Topliss-reactive ketones (excluding diaryl/α,β-unsaturated/α-hetero) is 1. The second kappa shape index (κ2) is 6.26. The molecule has 0 radical (unpaired) electrons. The molecule has 0 saturated carbocycles. The van der Waals surface area contributed by atoms with Gasteiger partial charge in [0.1, 0.15) is 5.75 Å². The summed E-state index contributed by atoms with van der Waals surface area (Å²) in [6.45, 7) is 3.84. The number of ketones is 1. The number of hydrogen-bond acceptors (Lipinski definition) is 4. The summed E-state index contributed by atoms with van der Waals surface area (Å²) < 4.78 is 6.19. The van der Waals surface area contributed by atoms with E-state index in [0.29, 0.717) is 16.9 Å². The number of aromatic nitrogens is 1. The standard InChI is InChI=1S/C16H17BrN2O2/c1-9-8-19-14(10(2)16(9)21-3)7-15(20)12-6-11(17)4-5-13(12)18/h4-6,8H,7,18H2,1-3H3. The van der Waals surface area contributed by atoms with Gasteiger partial charge in [-0.25, -0.2) is 0 Å². The Morgan fingerprint density at radius 2 is 2.10 bits per heavy atom. The first-order valence-electron chi connectivity index (χ1n) is 6.51. The molecule has 21 heavy (non-hydrogen) atoms. The normalized spacial score (nSPS) is 10.5. The van der Waals surface area contributed by atoms with Crippen molar-refractivity contribution in [2.45, 2.75) is 20.3 Å². The number of ether oxygens (including phenoxy) is 1. The van der Waals surface area contributed by atoms with Crippen LogP contribution >= 0.6 is 15.9 Å². The molecule has 1 heterocycles. The SMILES string of the molecule is COc1c(C)cnc(CC(=O)c2cc(Br)ccc2N)c1C. The molecule has 0 aliphatic carbocycles. The first kappa shape index (κ1) is 15.5. The molecule has 0 bridgehead atoms. The molecule has 0 atom stereocenters. The quantitative estimate of drug-likeness (QED) is 0.678. The van der Waals surface area contributed by atoms with Crippen LogP contribution in [0, 0.1) is 13.8 Å². The maximum absolute atomic E-state index is 12.4. The van der Waals surface area contributed by atoms with Crippen molar-refractivity contribution in [3.63, 3.8) is 0 Å². The van der Waals surface area contributed by atoms with Gasteiger partial charge in [0, 0.05) is 33.0 Å². The van der Waals surface area contributed by atoms with E-state index < -0.39 is 0 Å². The summed E-state index contributed by atoms with van der Waals surface area (Å²) in [7, 11) is 1.62. The topological polar surface area (TPSA) is 65.2 Å². The number of nitrogens with two attached hydrogens (primary N) is 1. The Hall–Kier alpha value is -1.88. The fraction of sp³-hybridized carbons (Fsp3) is 0.250. The molecule has 0 aliphatic rings. The van der Waals surface area contributed by atoms with E-state index in [2.05, 4.69) is 20.9 Å². The van der Waals surface area contributed by atoms with Gasteiger partial charge < -0.3 is 10.5 Å². The minimum Gasteiger partial charge on any atom is -0.496 e. The lowest BCUT2D eigenvalue weighted by atomic mass is 10.0. The molecule has 2 aromatic rings. The highest BCUT2D eigenvalue weighted by Crippen LogP contribution is 2.26. The summed E-state index contributed by atoms with van der Waals surface area (Å²) in [5.74, 6) is 0.713. The van der Waals surface area contributed by atoms with Gasteiger partial charge in [-0.05, 0) is 32.0 Å². The Bertz CT molecular complexity index is 699. The van der Waals surface area contributed by atoms with Crippen LogP contribution in [-0.4, -0.2) is 17.9 Å². The molecule has 0 amide bonds. The summed E-state index contributed by atoms with van der Waals surface area (Å²) >= 11 is 3.35. The van der Waals surface area contributed by atoms with Crippen LogP contribution in [0.1, 0.15) is 27.2 Å². The molecular weight excluding hydrogens is 332 g/mol. The molecule has 1 aromatic heterocycles. The van der Waals surface area contributed by atoms with Crippen LogP contribution in [0.2, 0.25) is 0 Å². The van der Waals surface area contributed by atoms with Gasteiger partial charge in [0.15, 0.2) is 5.78 Å². The number of halogens is 1. The first-order chi connectivity index (χ1) is 9.93. The Morgan fingerprint density at radius 3 is 2.76 bits per heavy atom. The number of pyridine rings is 1. The smallest absolute Gasteiger partial charge is 0.170 e. The van der Waals surface area contributed by atoms with Crippen LogP contribution in [0.5, 0.6) is 5.75 Å². The molecule has 0 saturated heterocycles. The maximum Gasteiger partial charge on any atom is 0.170 e. The average molecular weight is 349 g/mol. The van der Waals surface area contributed by atoms with E-state index in [0.717, 1.165) is 21.3 Å². The molecule has 0 spiro atoms. The Labute approximate surface area is 132 Å². The van der Waals surface area contributed by atoms with Crippen molar-refractivity contribution >= 4 is 27.4 Å². The number of nitrogens with zero attached hydrogens (tertiary/aromatic N) is 1. The van der Waals surface area contributed by atoms with E-state index in [9.17, 15) is 4.79 Å². The van der Waals surface area contributed by atoms with Gasteiger partial charge in [-0.2, -0.15) is 0 Å². The van der Waals surface area contributed by atoms with Crippen molar-refractivity contribution in [1.29, 1.82) is 0 Å². The Balaban J connectivity index is 2.34. The van der Waals surface area contributed by atoms with Crippen LogP contribution in [0.3, 0.4) is 0 Å². The molecule has 5 heteroatoms. The van der Waals surface area contributed by atoms with Gasteiger partial charge in [0.2, 0.25) is 0 Å². The summed E-state index contributed by atoms with van der Waals surface area (Å²) in [5, 5.41) is 0. The van der Waals surface area contributed by atoms with E-state index in [4.69, 9.17) is 10.5 Å². The van der Waals surface area contributed by atoms with Gasteiger partial charge >= 0.3 is 0 Å².